The van der Waals surface area contributed by atoms with Gasteiger partial charge in [0.05, 0.1) is 6.26 Å². The monoisotopic (exact) mass is 205 g/mol. The molecule has 0 spiro atoms. The van der Waals surface area contributed by atoms with Crippen molar-refractivity contribution in [2.45, 2.75) is 45.1 Å². The molecule has 1 aliphatic carbocycles. The first kappa shape index (κ1) is 11.0. The van der Waals surface area contributed by atoms with E-state index in [1.165, 1.54) is 25.5 Å². The van der Waals surface area contributed by atoms with Crippen molar-refractivity contribution in [3.8, 4) is 0 Å². The van der Waals surface area contributed by atoms with E-state index in [1.807, 2.05) is 0 Å². The lowest BCUT2D eigenvalue weighted by molar-refractivity contribution is 0.306. The first-order valence-electron chi connectivity index (χ1n) is 4.98. The van der Waals surface area contributed by atoms with Gasteiger partial charge in [0.2, 0.25) is 10.0 Å². The second-order valence-electron chi connectivity index (χ2n) is 4.02. The highest BCUT2D eigenvalue weighted by Crippen LogP contribution is 2.26. The Hall–Kier alpha value is -0.0900. The van der Waals surface area contributed by atoms with Crippen molar-refractivity contribution < 1.29 is 8.42 Å². The molecule has 4 heteroatoms. The maximum absolute atomic E-state index is 10.9. The molecule has 0 heterocycles. The molecule has 0 saturated heterocycles. The lowest BCUT2D eigenvalue weighted by Crippen LogP contribution is -2.36. The molecule has 0 aromatic heterocycles. The van der Waals surface area contributed by atoms with Gasteiger partial charge in [0.25, 0.3) is 0 Å². The van der Waals surface area contributed by atoms with Crippen LogP contribution in [0.1, 0.15) is 39.0 Å². The molecule has 0 aromatic carbocycles. The molecule has 1 rings (SSSR count). The Morgan fingerprint density at radius 1 is 1.23 bits per heavy atom. The van der Waals surface area contributed by atoms with E-state index < -0.39 is 10.0 Å². The van der Waals surface area contributed by atoms with Gasteiger partial charge < -0.3 is 0 Å². The van der Waals surface area contributed by atoms with Gasteiger partial charge in [0, 0.05) is 6.04 Å². The average molecular weight is 205 g/mol. The summed E-state index contributed by atoms with van der Waals surface area (Å²) < 4.78 is 24.6. The van der Waals surface area contributed by atoms with Gasteiger partial charge in [-0.25, -0.2) is 13.1 Å². The van der Waals surface area contributed by atoms with Gasteiger partial charge in [-0.3, -0.25) is 0 Å². The van der Waals surface area contributed by atoms with Gasteiger partial charge in [-0.1, -0.05) is 13.3 Å². The van der Waals surface area contributed by atoms with Crippen LogP contribution in [-0.2, 0) is 10.0 Å². The van der Waals surface area contributed by atoms with E-state index in [4.69, 9.17) is 0 Å². The first-order chi connectivity index (χ1) is 6.01. The summed E-state index contributed by atoms with van der Waals surface area (Å²) in [4.78, 5) is 0. The van der Waals surface area contributed by atoms with Crippen LogP contribution in [0.25, 0.3) is 0 Å². The van der Waals surface area contributed by atoms with Crippen LogP contribution in [0.2, 0.25) is 0 Å². The van der Waals surface area contributed by atoms with Gasteiger partial charge in [-0.15, -0.1) is 0 Å². The highest BCUT2D eigenvalue weighted by Gasteiger charge is 2.21. The molecule has 1 saturated carbocycles. The summed E-state index contributed by atoms with van der Waals surface area (Å²) in [6.07, 6.45) is 6.81. The molecular weight excluding hydrogens is 186 g/mol. The van der Waals surface area contributed by atoms with E-state index >= 15 is 0 Å². The van der Waals surface area contributed by atoms with Gasteiger partial charge in [-0.05, 0) is 31.6 Å². The van der Waals surface area contributed by atoms with Crippen molar-refractivity contribution in [1.29, 1.82) is 0 Å². The zero-order valence-corrected chi connectivity index (χ0v) is 9.23. The fourth-order valence-corrected chi connectivity index (χ4v) is 2.83. The Balaban J connectivity index is 2.33. The third kappa shape index (κ3) is 4.09. The zero-order valence-electron chi connectivity index (χ0n) is 8.41. The molecule has 0 radical (unpaired) electrons. The highest BCUT2D eigenvalue weighted by atomic mass is 32.2. The number of rotatable bonds is 3. The van der Waals surface area contributed by atoms with Crippen molar-refractivity contribution in [2.24, 2.45) is 5.92 Å². The number of hydrogen-bond donors (Lipinski definition) is 1. The summed E-state index contributed by atoms with van der Waals surface area (Å²) in [5.41, 5.74) is 0. The molecule has 0 amide bonds. The van der Waals surface area contributed by atoms with Crippen molar-refractivity contribution in [3.05, 3.63) is 0 Å². The molecular formula is C9H19NO2S. The average Bonchev–Trinajstić information content (AvgIpc) is 2.03. The molecule has 0 aromatic rings. The normalized spacial score (nSPS) is 30.3. The highest BCUT2D eigenvalue weighted by molar-refractivity contribution is 7.88. The largest absolute Gasteiger partial charge is 0.213 e. The molecule has 0 unspecified atom stereocenters. The SMILES string of the molecule is CC[C@H]1CC[C@@H](NS(C)(=O)=O)CC1. The number of sulfonamides is 1. The summed E-state index contributed by atoms with van der Waals surface area (Å²) in [6, 6.07) is 0.192. The third-order valence-electron chi connectivity index (χ3n) is 2.80. The summed E-state index contributed by atoms with van der Waals surface area (Å²) in [6.45, 7) is 2.20. The molecule has 1 N–H and O–H groups in total. The standard InChI is InChI=1S/C9H19NO2S/c1-3-8-4-6-9(7-5-8)10-13(2,11)12/h8-10H,3-7H2,1-2H3/t8-,9+. The van der Waals surface area contributed by atoms with Crippen molar-refractivity contribution in [2.75, 3.05) is 6.26 Å². The van der Waals surface area contributed by atoms with Gasteiger partial charge in [0.1, 0.15) is 0 Å². The van der Waals surface area contributed by atoms with E-state index in [9.17, 15) is 8.42 Å². The minimum atomic E-state index is -3.00. The van der Waals surface area contributed by atoms with Crippen LogP contribution >= 0.6 is 0 Å². The predicted octanol–water partition coefficient (Wildman–Crippen LogP) is 1.50. The van der Waals surface area contributed by atoms with Crippen LogP contribution < -0.4 is 4.72 Å². The van der Waals surface area contributed by atoms with E-state index in [2.05, 4.69) is 11.6 Å². The molecule has 0 aliphatic heterocycles. The van der Waals surface area contributed by atoms with Crippen molar-refractivity contribution in [3.63, 3.8) is 0 Å². The van der Waals surface area contributed by atoms with E-state index in [1.54, 1.807) is 0 Å². The fraction of sp³-hybridized carbons (Fsp3) is 1.00. The Morgan fingerprint density at radius 3 is 2.15 bits per heavy atom. The van der Waals surface area contributed by atoms with Crippen LogP contribution in [0, 0.1) is 5.92 Å². The molecule has 0 bridgehead atoms. The number of nitrogens with one attached hydrogen (secondary N) is 1. The van der Waals surface area contributed by atoms with Crippen LogP contribution in [0.15, 0.2) is 0 Å². The Labute approximate surface area is 81.0 Å². The Morgan fingerprint density at radius 2 is 1.77 bits per heavy atom. The molecule has 13 heavy (non-hydrogen) atoms. The fourth-order valence-electron chi connectivity index (χ4n) is 1.99. The molecule has 1 fully saturated rings. The topological polar surface area (TPSA) is 46.2 Å². The Kier molecular flexibility index (Phi) is 3.74. The smallest absolute Gasteiger partial charge is 0.208 e. The van der Waals surface area contributed by atoms with E-state index in [0.29, 0.717) is 0 Å². The van der Waals surface area contributed by atoms with Gasteiger partial charge >= 0.3 is 0 Å². The second-order valence-corrected chi connectivity index (χ2v) is 5.80. The third-order valence-corrected chi connectivity index (χ3v) is 3.57. The van der Waals surface area contributed by atoms with E-state index in [0.717, 1.165) is 18.8 Å². The lowest BCUT2D eigenvalue weighted by atomic mass is 9.85. The minimum absolute atomic E-state index is 0.192. The maximum atomic E-state index is 10.9. The summed E-state index contributed by atoms with van der Waals surface area (Å²) in [7, 11) is -3.00. The molecule has 78 valence electrons. The number of hydrogen-bond acceptors (Lipinski definition) is 2. The van der Waals surface area contributed by atoms with E-state index in [-0.39, 0.29) is 6.04 Å². The second kappa shape index (κ2) is 4.42. The maximum Gasteiger partial charge on any atom is 0.208 e. The summed E-state index contributed by atoms with van der Waals surface area (Å²) >= 11 is 0. The summed E-state index contributed by atoms with van der Waals surface area (Å²) in [5, 5.41) is 0. The summed E-state index contributed by atoms with van der Waals surface area (Å²) in [5.74, 6) is 0.817. The molecule has 1 aliphatic rings. The van der Waals surface area contributed by atoms with Crippen LogP contribution in [0.3, 0.4) is 0 Å². The molecule has 0 atom stereocenters. The van der Waals surface area contributed by atoms with Gasteiger partial charge in [0.15, 0.2) is 0 Å². The Bertz CT molecular complexity index is 240. The molecule has 3 nitrogen and oxygen atoms in total. The van der Waals surface area contributed by atoms with Crippen molar-refractivity contribution >= 4 is 10.0 Å². The van der Waals surface area contributed by atoms with Gasteiger partial charge in [-0.2, -0.15) is 0 Å². The zero-order chi connectivity index (χ0) is 9.90. The van der Waals surface area contributed by atoms with Crippen molar-refractivity contribution in [1.82, 2.24) is 4.72 Å². The predicted molar refractivity (Wildman–Crippen MR) is 54.0 cm³/mol. The first-order valence-corrected chi connectivity index (χ1v) is 6.87. The minimum Gasteiger partial charge on any atom is -0.213 e. The van der Waals surface area contributed by atoms with Crippen LogP contribution in [0.4, 0.5) is 0 Å². The lowest BCUT2D eigenvalue weighted by Gasteiger charge is -2.27. The van der Waals surface area contributed by atoms with Crippen LogP contribution in [-0.4, -0.2) is 20.7 Å². The van der Waals surface area contributed by atoms with Crippen LogP contribution in [0.5, 0.6) is 0 Å². The quantitative estimate of drug-likeness (QED) is 0.759.